The third-order valence-corrected chi connectivity index (χ3v) is 4.64. The van der Waals surface area contributed by atoms with Gasteiger partial charge in [-0.15, -0.1) is 0 Å². The van der Waals surface area contributed by atoms with Crippen LogP contribution in [0.25, 0.3) is 0 Å². The van der Waals surface area contributed by atoms with Gasteiger partial charge in [0.2, 0.25) is 0 Å². The monoisotopic (exact) mass is 240 g/mol. The van der Waals surface area contributed by atoms with Gasteiger partial charge in [0, 0.05) is 32.3 Å². The lowest BCUT2D eigenvalue weighted by Gasteiger charge is -2.41. The Bertz CT molecular complexity index is 215. The van der Waals surface area contributed by atoms with Gasteiger partial charge in [0.25, 0.3) is 0 Å². The van der Waals surface area contributed by atoms with Gasteiger partial charge in [0.05, 0.1) is 0 Å². The highest BCUT2D eigenvalue weighted by molar-refractivity contribution is 4.88. The molecule has 2 rings (SSSR count). The zero-order chi connectivity index (χ0) is 12.1. The van der Waals surface area contributed by atoms with Crippen LogP contribution in [-0.4, -0.2) is 51.3 Å². The molecule has 0 amide bonds. The van der Waals surface area contributed by atoms with Crippen LogP contribution in [0.2, 0.25) is 0 Å². The molecule has 0 aromatic carbocycles. The summed E-state index contributed by atoms with van der Waals surface area (Å²) in [5.74, 6) is 0. The number of nitrogens with zero attached hydrogens (tertiary/aromatic N) is 1. The molecule has 100 valence electrons. The predicted molar refractivity (Wildman–Crippen MR) is 71.3 cm³/mol. The second-order valence-corrected chi connectivity index (χ2v) is 6.00. The summed E-state index contributed by atoms with van der Waals surface area (Å²) in [4.78, 5) is 2.62. The van der Waals surface area contributed by atoms with Crippen molar-refractivity contribution in [2.24, 2.45) is 5.41 Å². The van der Waals surface area contributed by atoms with E-state index in [2.05, 4.69) is 24.3 Å². The molecule has 1 N–H and O–H groups in total. The average Bonchev–Trinajstić information content (AvgIpc) is 2.84. The summed E-state index contributed by atoms with van der Waals surface area (Å²) in [6.07, 6.45) is 8.09. The van der Waals surface area contributed by atoms with Crippen molar-refractivity contribution < 1.29 is 4.74 Å². The highest BCUT2D eigenvalue weighted by Gasteiger charge is 2.35. The Labute approximate surface area is 106 Å². The number of hydrogen-bond donors (Lipinski definition) is 1. The number of rotatable bonds is 5. The minimum Gasteiger partial charge on any atom is -0.381 e. The zero-order valence-corrected chi connectivity index (χ0v) is 11.5. The van der Waals surface area contributed by atoms with Crippen LogP contribution in [0.4, 0.5) is 0 Å². The van der Waals surface area contributed by atoms with Gasteiger partial charge in [-0.3, -0.25) is 0 Å². The smallest absolute Gasteiger partial charge is 0.0472 e. The Morgan fingerprint density at radius 2 is 1.88 bits per heavy atom. The van der Waals surface area contributed by atoms with E-state index >= 15 is 0 Å². The van der Waals surface area contributed by atoms with Gasteiger partial charge in [-0.25, -0.2) is 0 Å². The van der Waals surface area contributed by atoms with Crippen LogP contribution in [-0.2, 0) is 4.74 Å². The highest BCUT2D eigenvalue weighted by Crippen LogP contribution is 2.33. The van der Waals surface area contributed by atoms with Gasteiger partial charge >= 0.3 is 0 Å². The second-order valence-electron chi connectivity index (χ2n) is 6.00. The van der Waals surface area contributed by atoms with Crippen molar-refractivity contribution in [3.8, 4) is 0 Å². The van der Waals surface area contributed by atoms with Crippen molar-refractivity contribution in [1.29, 1.82) is 0 Å². The third-order valence-electron chi connectivity index (χ3n) is 4.64. The molecule has 1 saturated heterocycles. The first-order valence-corrected chi connectivity index (χ1v) is 7.18. The summed E-state index contributed by atoms with van der Waals surface area (Å²) < 4.78 is 5.53. The summed E-state index contributed by atoms with van der Waals surface area (Å²) in [6, 6.07) is 0.839. The van der Waals surface area contributed by atoms with E-state index in [-0.39, 0.29) is 0 Å². The molecule has 1 aliphatic heterocycles. The predicted octanol–water partition coefficient (Wildman–Crippen LogP) is 1.88. The Hall–Kier alpha value is -0.120. The maximum absolute atomic E-state index is 5.53. The van der Waals surface area contributed by atoms with Gasteiger partial charge in [0.1, 0.15) is 0 Å². The maximum Gasteiger partial charge on any atom is 0.0472 e. The van der Waals surface area contributed by atoms with Gasteiger partial charge in [-0.2, -0.15) is 0 Å². The Morgan fingerprint density at radius 1 is 1.24 bits per heavy atom. The first-order valence-electron chi connectivity index (χ1n) is 7.18. The van der Waals surface area contributed by atoms with Crippen molar-refractivity contribution in [3.63, 3.8) is 0 Å². The molecule has 0 aromatic rings. The van der Waals surface area contributed by atoms with Crippen molar-refractivity contribution in [3.05, 3.63) is 0 Å². The molecule has 0 unspecified atom stereocenters. The first kappa shape index (κ1) is 13.3. The maximum atomic E-state index is 5.53. The zero-order valence-electron chi connectivity index (χ0n) is 11.5. The molecule has 0 spiro atoms. The van der Waals surface area contributed by atoms with E-state index in [1.165, 1.54) is 45.1 Å². The molecular weight excluding hydrogens is 212 g/mol. The molecule has 3 nitrogen and oxygen atoms in total. The fourth-order valence-corrected chi connectivity index (χ4v) is 3.57. The van der Waals surface area contributed by atoms with Gasteiger partial charge < -0.3 is 15.0 Å². The molecule has 1 saturated carbocycles. The molecule has 17 heavy (non-hydrogen) atoms. The van der Waals surface area contributed by atoms with Crippen molar-refractivity contribution in [1.82, 2.24) is 10.2 Å². The largest absolute Gasteiger partial charge is 0.381 e. The first-order chi connectivity index (χ1) is 8.26. The quantitative estimate of drug-likeness (QED) is 0.794. The van der Waals surface area contributed by atoms with E-state index in [9.17, 15) is 0 Å². The van der Waals surface area contributed by atoms with E-state index < -0.39 is 0 Å². The lowest BCUT2D eigenvalue weighted by molar-refractivity contribution is -0.00543. The molecule has 0 radical (unpaired) electrons. The second kappa shape index (κ2) is 6.17. The number of nitrogens with one attached hydrogen (secondary N) is 1. The minimum atomic E-state index is 0.449. The fraction of sp³-hybridized carbons (Fsp3) is 1.00. The molecule has 0 atom stereocenters. The molecular formula is C14H28N2O. The van der Waals surface area contributed by atoms with Crippen LogP contribution in [0, 0.1) is 5.41 Å². The lowest BCUT2D eigenvalue weighted by Crippen LogP contribution is -2.47. The average molecular weight is 240 g/mol. The summed E-state index contributed by atoms with van der Waals surface area (Å²) in [6.45, 7) is 4.26. The van der Waals surface area contributed by atoms with Crippen LogP contribution in [0.1, 0.15) is 38.5 Å². The molecule has 1 aliphatic carbocycles. The summed E-state index contributed by atoms with van der Waals surface area (Å²) in [5.41, 5.74) is 0.449. The number of hydrogen-bond acceptors (Lipinski definition) is 3. The van der Waals surface area contributed by atoms with Gasteiger partial charge in [-0.1, -0.05) is 12.8 Å². The third kappa shape index (κ3) is 3.43. The van der Waals surface area contributed by atoms with Crippen LogP contribution in [0.5, 0.6) is 0 Å². The van der Waals surface area contributed by atoms with Crippen molar-refractivity contribution in [2.45, 2.75) is 44.6 Å². The fourth-order valence-electron chi connectivity index (χ4n) is 3.57. The summed E-state index contributed by atoms with van der Waals surface area (Å²) >= 11 is 0. The van der Waals surface area contributed by atoms with Crippen molar-refractivity contribution in [2.75, 3.05) is 40.4 Å². The van der Waals surface area contributed by atoms with Crippen LogP contribution < -0.4 is 5.32 Å². The Morgan fingerprint density at radius 3 is 2.47 bits per heavy atom. The van der Waals surface area contributed by atoms with Crippen LogP contribution in [0.15, 0.2) is 0 Å². The van der Waals surface area contributed by atoms with E-state index in [1.807, 2.05) is 0 Å². The lowest BCUT2D eigenvalue weighted by atomic mass is 9.79. The van der Waals surface area contributed by atoms with Crippen LogP contribution in [0.3, 0.4) is 0 Å². The van der Waals surface area contributed by atoms with E-state index in [0.29, 0.717) is 5.41 Å². The Kier molecular flexibility index (Phi) is 4.83. The Balaban J connectivity index is 1.91. The SMILES string of the molecule is CNCC1(CN(C)C2CCCC2)CCOCC1. The molecule has 3 heteroatoms. The molecule has 0 aromatic heterocycles. The minimum absolute atomic E-state index is 0.449. The van der Waals surface area contributed by atoms with E-state index in [0.717, 1.165) is 25.8 Å². The normalized spacial score (nSPS) is 25.6. The highest BCUT2D eigenvalue weighted by atomic mass is 16.5. The van der Waals surface area contributed by atoms with E-state index in [1.54, 1.807) is 0 Å². The van der Waals surface area contributed by atoms with Gasteiger partial charge in [0.15, 0.2) is 0 Å². The number of ether oxygens (including phenoxy) is 1. The molecule has 1 heterocycles. The standard InChI is InChI=1S/C14H28N2O/c1-15-11-14(7-9-17-10-8-14)12-16(2)13-5-3-4-6-13/h13,15H,3-12H2,1-2H3. The molecule has 2 aliphatic rings. The topological polar surface area (TPSA) is 24.5 Å². The summed E-state index contributed by atoms with van der Waals surface area (Å²) in [7, 11) is 4.40. The van der Waals surface area contributed by atoms with Gasteiger partial charge in [-0.05, 0) is 45.2 Å². The molecule has 0 bridgehead atoms. The summed E-state index contributed by atoms with van der Waals surface area (Å²) in [5, 5.41) is 3.39. The van der Waals surface area contributed by atoms with Crippen LogP contribution >= 0.6 is 0 Å². The van der Waals surface area contributed by atoms with E-state index in [4.69, 9.17) is 4.74 Å². The van der Waals surface area contributed by atoms with Crippen molar-refractivity contribution >= 4 is 0 Å². The molecule has 2 fully saturated rings.